The van der Waals surface area contributed by atoms with Gasteiger partial charge in [-0.2, -0.15) is 0 Å². The van der Waals surface area contributed by atoms with E-state index >= 15 is 0 Å². The van der Waals surface area contributed by atoms with Crippen LogP contribution < -0.4 is 21.3 Å². The molecular weight excluding hydrogens is 268 g/mol. The van der Waals surface area contributed by atoms with Crippen LogP contribution in [0.5, 0.6) is 11.5 Å². The SMILES string of the molecule is Cc1ccncc1Oc1ccccc1-c1c(N)c(=O)c1=O. The Balaban J connectivity index is 2.08. The second-order valence-electron chi connectivity index (χ2n) is 4.69. The van der Waals surface area contributed by atoms with Crippen molar-refractivity contribution in [2.24, 2.45) is 0 Å². The maximum atomic E-state index is 11.7. The molecular formula is C16H12N2O3. The van der Waals surface area contributed by atoms with Gasteiger partial charge in [0.05, 0.1) is 17.4 Å². The maximum absolute atomic E-state index is 11.7. The number of pyridine rings is 1. The number of benzene rings is 1. The van der Waals surface area contributed by atoms with Gasteiger partial charge in [-0.3, -0.25) is 14.6 Å². The van der Waals surface area contributed by atoms with E-state index < -0.39 is 10.9 Å². The van der Waals surface area contributed by atoms with Crippen LogP contribution in [0.2, 0.25) is 0 Å². The van der Waals surface area contributed by atoms with Gasteiger partial charge in [0.15, 0.2) is 0 Å². The number of hydrogen-bond donors (Lipinski definition) is 1. The molecule has 5 nitrogen and oxygen atoms in total. The quantitative estimate of drug-likeness (QED) is 0.742. The molecule has 3 aromatic rings. The van der Waals surface area contributed by atoms with Crippen molar-refractivity contribution in [3.05, 3.63) is 68.7 Å². The lowest BCUT2D eigenvalue weighted by molar-refractivity contribution is 0.478. The summed E-state index contributed by atoms with van der Waals surface area (Å²) in [6.07, 6.45) is 3.26. The molecule has 0 fully saturated rings. The highest BCUT2D eigenvalue weighted by atomic mass is 16.5. The molecule has 2 N–H and O–H groups in total. The number of nitrogen functional groups attached to an aromatic ring is 1. The Bertz CT molecular complexity index is 893. The molecule has 0 aliphatic carbocycles. The van der Waals surface area contributed by atoms with E-state index in [-0.39, 0.29) is 11.3 Å². The van der Waals surface area contributed by atoms with Crippen LogP contribution >= 0.6 is 0 Å². The average molecular weight is 280 g/mol. The van der Waals surface area contributed by atoms with Crippen LogP contribution in [0.15, 0.2) is 52.3 Å². The minimum Gasteiger partial charge on any atom is -0.455 e. The molecule has 0 bridgehead atoms. The van der Waals surface area contributed by atoms with E-state index in [9.17, 15) is 9.59 Å². The topological polar surface area (TPSA) is 82.3 Å². The van der Waals surface area contributed by atoms with Gasteiger partial charge < -0.3 is 10.5 Å². The van der Waals surface area contributed by atoms with Gasteiger partial charge >= 0.3 is 0 Å². The smallest absolute Gasteiger partial charge is 0.249 e. The first-order valence-electron chi connectivity index (χ1n) is 6.36. The van der Waals surface area contributed by atoms with E-state index in [1.807, 2.05) is 13.0 Å². The van der Waals surface area contributed by atoms with E-state index in [1.54, 1.807) is 36.7 Å². The Morgan fingerprint density at radius 2 is 1.81 bits per heavy atom. The van der Waals surface area contributed by atoms with Crippen LogP contribution in [0.3, 0.4) is 0 Å². The molecule has 2 aromatic carbocycles. The van der Waals surface area contributed by atoms with Gasteiger partial charge in [0.2, 0.25) is 10.9 Å². The first kappa shape index (κ1) is 13.1. The first-order chi connectivity index (χ1) is 10.1. The molecule has 0 aliphatic rings. The highest BCUT2D eigenvalue weighted by Gasteiger charge is 2.22. The molecule has 0 saturated heterocycles. The Labute approximate surface area is 120 Å². The van der Waals surface area contributed by atoms with Gasteiger partial charge in [0, 0.05) is 11.8 Å². The van der Waals surface area contributed by atoms with Crippen LogP contribution in [0, 0.1) is 6.92 Å². The number of anilines is 1. The molecule has 0 aliphatic heterocycles. The van der Waals surface area contributed by atoms with Crippen molar-refractivity contribution in [1.29, 1.82) is 0 Å². The van der Waals surface area contributed by atoms with Crippen LogP contribution in [-0.4, -0.2) is 4.98 Å². The van der Waals surface area contributed by atoms with Crippen molar-refractivity contribution in [3.63, 3.8) is 0 Å². The zero-order chi connectivity index (χ0) is 15.0. The molecule has 0 unspecified atom stereocenters. The van der Waals surface area contributed by atoms with Gasteiger partial charge in [0.25, 0.3) is 0 Å². The normalized spacial score (nSPS) is 10.7. The van der Waals surface area contributed by atoms with Crippen molar-refractivity contribution >= 4 is 5.69 Å². The van der Waals surface area contributed by atoms with E-state index in [1.165, 1.54) is 0 Å². The summed E-state index contributed by atoms with van der Waals surface area (Å²) in [6.45, 7) is 1.89. The lowest BCUT2D eigenvalue weighted by atomic mass is 9.98. The molecule has 1 heterocycles. The zero-order valence-electron chi connectivity index (χ0n) is 11.3. The number of hydrogen-bond acceptors (Lipinski definition) is 5. The third kappa shape index (κ3) is 2.08. The molecule has 0 spiro atoms. The fourth-order valence-corrected chi connectivity index (χ4v) is 2.11. The summed E-state index contributed by atoms with van der Waals surface area (Å²) in [5.74, 6) is 1.05. The molecule has 0 saturated carbocycles. The van der Waals surface area contributed by atoms with Gasteiger partial charge in [0.1, 0.15) is 11.5 Å². The van der Waals surface area contributed by atoms with E-state index in [2.05, 4.69) is 4.98 Å². The summed E-state index contributed by atoms with van der Waals surface area (Å²) in [6, 6.07) is 8.79. The number of aromatic nitrogens is 1. The molecule has 0 atom stereocenters. The maximum Gasteiger partial charge on any atom is 0.249 e. The van der Waals surface area contributed by atoms with Crippen molar-refractivity contribution in [1.82, 2.24) is 4.98 Å². The molecule has 1 aromatic heterocycles. The third-order valence-electron chi connectivity index (χ3n) is 3.31. The number of ether oxygens (including phenoxy) is 1. The minimum absolute atomic E-state index is 0.0149. The van der Waals surface area contributed by atoms with Crippen LogP contribution in [-0.2, 0) is 0 Å². The van der Waals surface area contributed by atoms with E-state index in [4.69, 9.17) is 10.5 Å². The largest absolute Gasteiger partial charge is 0.455 e. The van der Waals surface area contributed by atoms with E-state index in [0.29, 0.717) is 17.1 Å². The third-order valence-corrected chi connectivity index (χ3v) is 3.31. The fourth-order valence-electron chi connectivity index (χ4n) is 2.11. The van der Waals surface area contributed by atoms with Gasteiger partial charge in [-0.15, -0.1) is 0 Å². The summed E-state index contributed by atoms with van der Waals surface area (Å²) in [7, 11) is 0. The second-order valence-corrected chi connectivity index (χ2v) is 4.69. The Morgan fingerprint density at radius 3 is 2.52 bits per heavy atom. The first-order valence-corrected chi connectivity index (χ1v) is 6.36. The van der Waals surface area contributed by atoms with Gasteiger partial charge in [-0.25, -0.2) is 0 Å². The van der Waals surface area contributed by atoms with Crippen molar-refractivity contribution in [3.8, 4) is 22.6 Å². The lowest BCUT2D eigenvalue weighted by Gasteiger charge is -2.14. The molecule has 0 amide bonds. The van der Waals surface area contributed by atoms with Crippen molar-refractivity contribution in [2.45, 2.75) is 6.92 Å². The van der Waals surface area contributed by atoms with Crippen molar-refractivity contribution < 1.29 is 4.74 Å². The predicted molar refractivity (Wildman–Crippen MR) is 80.3 cm³/mol. The minimum atomic E-state index is -0.641. The number of para-hydroxylation sites is 1. The molecule has 104 valence electrons. The second kappa shape index (κ2) is 4.86. The summed E-state index contributed by atoms with van der Waals surface area (Å²) in [4.78, 5) is 27.0. The Morgan fingerprint density at radius 1 is 1.05 bits per heavy atom. The highest BCUT2D eigenvalue weighted by Crippen LogP contribution is 2.34. The van der Waals surface area contributed by atoms with Crippen molar-refractivity contribution in [2.75, 3.05) is 5.73 Å². The number of nitrogens with two attached hydrogens (primary N) is 1. The molecule has 3 rings (SSSR count). The van der Waals surface area contributed by atoms with Gasteiger partial charge in [-0.05, 0) is 24.6 Å². The average Bonchev–Trinajstić information content (AvgIpc) is 2.51. The summed E-state index contributed by atoms with van der Waals surface area (Å²) < 4.78 is 5.81. The lowest BCUT2D eigenvalue weighted by Crippen LogP contribution is -2.35. The summed E-state index contributed by atoms with van der Waals surface area (Å²) in [5, 5.41) is 0. The molecule has 5 heteroatoms. The van der Waals surface area contributed by atoms with Crippen LogP contribution in [0.4, 0.5) is 5.69 Å². The fraction of sp³-hybridized carbons (Fsp3) is 0.0625. The zero-order valence-corrected chi connectivity index (χ0v) is 11.3. The summed E-state index contributed by atoms with van der Waals surface area (Å²) >= 11 is 0. The summed E-state index contributed by atoms with van der Waals surface area (Å²) in [5.41, 5.74) is 6.04. The molecule has 0 radical (unpaired) electrons. The van der Waals surface area contributed by atoms with Gasteiger partial charge in [-0.1, -0.05) is 18.2 Å². The Hall–Kier alpha value is -2.95. The monoisotopic (exact) mass is 280 g/mol. The van der Waals surface area contributed by atoms with Crippen LogP contribution in [0.1, 0.15) is 5.56 Å². The van der Waals surface area contributed by atoms with Crippen LogP contribution in [0.25, 0.3) is 11.1 Å². The number of aryl methyl sites for hydroxylation is 1. The van der Waals surface area contributed by atoms with E-state index in [0.717, 1.165) is 5.56 Å². The molecule has 21 heavy (non-hydrogen) atoms. The predicted octanol–water partition coefficient (Wildman–Crippen LogP) is 2.03. The number of nitrogens with zero attached hydrogens (tertiary/aromatic N) is 1. The standard InChI is InChI=1S/C16H12N2O3/c1-9-6-7-18-8-12(9)21-11-5-3-2-4-10(11)13-14(17)16(20)15(13)19/h2-8H,17H2,1H3. The Kier molecular flexibility index (Phi) is 3.02. The number of rotatable bonds is 3. The highest BCUT2D eigenvalue weighted by molar-refractivity contribution is 5.83.